The third kappa shape index (κ3) is 3.46. The molecule has 0 amide bonds. The van der Waals surface area contributed by atoms with Crippen LogP contribution in [-0.2, 0) is 6.54 Å². The highest BCUT2D eigenvalue weighted by Gasteiger charge is 2.17. The van der Waals surface area contributed by atoms with Crippen molar-refractivity contribution in [1.82, 2.24) is 9.80 Å². The number of benzene rings is 1. The van der Waals surface area contributed by atoms with Crippen molar-refractivity contribution in [3.05, 3.63) is 35.1 Å². The number of amidine groups is 1. The number of likely N-dealkylation sites (N-methyl/N-ethyl adjacent to an activating group) is 1. The van der Waals surface area contributed by atoms with E-state index in [9.17, 15) is 4.39 Å². The Morgan fingerprint density at radius 1 is 1.30 bits per heavy atom. The molecule has 20 heavy (non-hydrogen) atoms. The smallest absolute Gasteiger partial charge is 0.170 e. The Bertz CT molecular complexity index is 484. The Hall–Kier alpha value is -1.66. The summed E-state index contributed by atoms with van der Waals surface area (Å²) in [7, 11) is 0. The van der Waals surface area contributed by atoms with Crippen molar-refractivity contribution in [2.45, 2.75) is 13.5 Å². The second kappa shape index (κ2) is 6.67. The van der Waals surface area contributed by atoms with Crippen molar-refractivity contribution in [2.75, 3.05) is 32.7 Å². The van der Waals surface area contributed by atoms with Gasteiger partial charge in [0.15, 0.2) is 5.84 Å². The first-order chi connectivity index (χ1) is 9.63. The summed E-state index contributed by atoms with van der Waals surface area (Å²) >= 11 is 0. The molecule has 6 heteroatoms. The summed E-state index contributed by atoms with van der Waals surface area (Å²) in [5.41, 5.74) is 6.96. The normalized spacial score (nSPS) is 18.4. The summed E-state index contributed by atoms with van der Waals surface area (Å²) in [4.78, 5) is 4.69. The summed E-state index contributed by atoms with van der Waals surface area (Å²) in [5, 5.41) is 11.8. The van der Waals surface area contributed by atoms with Crippen LogP contribution in [0.5, 0.6) is 0 Å². The Balaban J connectivity index is 2.10. The second-order valence-electron chi connectivity index (χ2n) is 5.00. The molecule has 5 nitrogen and oxygen atoms in total. The maximum absolute atomic E-state index is 13.3. The molecule has 1 saturated heterocycles. The summed E-state index contributed by atoms with van der Waals surface area (Å²) in [6.45, 7) is 7.93. The van der Waals surface area contributed by atoms with E-state index in [0.717, 1.165) is 38.3 Å². The predicted molar refractivity (Wildman–Crippen MR) is 76.3 cm³/mol. The number of nitrogens with zero attached hydrogens (tertiary/aromatic N) is 3. The van der Waals surface area contributed by atoms with Gasteiger partial charge in [-0.25, -0.2) is 4.39 Å². The van der Waals surface area contributed by atoms with Gasteiger partial charge in [0, 0.05) is 38.3 Å². The lowest BCUT2D eigenvalue weighted by molar-refractivity contribution is 0.132. The van der Waals surface area contributed by atoms with Crippen LogP contribution in [-0.4, -0.2) is 53.6 Å². The number of nitrogens with two attached hydrogens (primary N) is 1. The fourth-order valence-corrected chi connectivity index (χ4v) is 2.48. The lowest BCUT2D eigenvalue weighted by Gasteiger charge is -2.34. The van der Waals surface area contributed by atoms with Gasteiger partial charge >= 0.3 is 0 Å². The Labute approximate surface area is 118 Å². The number of oxime groups is 1. The highest BCUT2D eigenvalue weighted by atomic mass is 19.1. The lowest BCUT2D eigenvalue weighted by Crippen LogP contribution is -2.45. The molecule has 1 aliphatic heterocycles. The Kier molecular flexibility index (Phi) is 4.92. The van der Waals surface area contributed by atoms with Crippen molar-refractivity contribution < 1.29 is 9.60 Å². The number of hydrogen-bond donors (Lipinski definition) is 2. The van der Waals surface area contributed by atoms with Crippen LogP contribution in [0.25, 0.3) is 0 Å². The van der Waals surface area contributed by atoms with E-state index >= 15 is 0 Å². The van der Waals surface area contributed by atoms with E-state index in [1.807, 2.05) is 0 Å². The topological polar surface area (TPSA) is 65.1 Å². The van der Waals surface area contributed by atoms with Crippen LogP contribution in [0.1, 0.15) is 18.1 Å². The summed E-state index contributed by atoms with van der Waals surface area (Å²) < 4.78 is 13.3. The van der Waals surface area contributed by atoms with Crippen LogP contribution >= 0.6 is 0 Å². The summed E-state index contributed by atoms with van der Waals surface area (Å²) in [5.74, 6) is -0.433. The maximum atomic E-state index is 13.3. The Morgan fingerprint density at radius 2 is 1.95 bits per heavy atom. The van der Waals surface area contributed by atoms with Crippen LogP contribution in [0.4, 0.5) is 4.39 Å². The SMILES string of the molecule is CCN1CCN(Cc2ccc(F)cc2C(N)=NO)CC1. The molecular weight excluding hydrogens is 259 g/mol. The van der Waals surface area contributed by atoms with E-state index in [4.69, 9.17) is 10.9 Å². The first-order valence-electron chi connectivity index (χ1n) is 6.85. The predicted octanol–water partition coefficient (Wildman–Crippen LogP) is 1.06. The second-order valence-corrected chi connectivity index (χ2v) is 5.00. The van der Waals surface area contributed by atoms with Crippen molar-refractivity contribution in [3.8, 4) is 0 Å². The molecule has 0 bridgehead atoms. The van der Waals surface area contributed by atoms with Gasteiger partial charge in [-0.05, 0) is 24.2 Å². The number of rotatable bonds is 4. The summed E-state index contributed by atoms with van der Waals surface area (Å²) in [6.07, 6.45) is 0. The quantitative estimate of drug-likeness (QED) is 0.374. The number of hydrogen-bond acceptors (Lipinski definition) is 4. The van der Waals surface area contributed by atoms with Gasteiger partial charge in [0.1, 0.15) is 5.82 Å². The first-order valence-corrected chi connectivity index (χ1v) is 6.85. The zero-order valence-electron chi connectivity index (χ0n) is 11.7. The first kappa shape index (κ1) is 14.7. The molecular formula is C14H21FN4O. The monoisotopic (exact) mass is 280 g/mol. The van der Waals surface area contributed by atoms with Crippen molar-refractivity contribution in [3.63, 3.8) is 0 Å². The van der Waals surface area contributed by atoms with E-state index in [1.54, 1.807) is 6.07 Å². The molecule has 0 aromatic heterocycles. The molecule has 0 atom stereocenters. The molecule has 0 aliphatic carbocycles. The highest BCUT2D eigenvalue weighted by molar-refractivity contribution is 5.98. The molecule has 2 rings (SSSR count). The maximum Gasteiger partial charge on any atom is 0.170 e. The molecule has 110 valence electrons. The minimum atomic E-state index is -0.383. The molecule has 1 aromatic rings. The van der Waals surface area contributed by atoms with Gasteiger partial charge in [0.2, 0.25) is 0 Å². The van der Waals surface area contributed by atoms with E-state index in [-0.39, 0.29) is 11.7 Å². The Morgan fingerprint density at radius 3 is 2.55 bits per heavy atom. The van der Waals surface area contributed by atoms with Crippen LogP contribution in [0.15, 0.2) is 23.4 Å². The third-order valence-corrected chi connectivity index (χ3v) is 3.76. The molecule has 0 saturated carbocycles. The van der Waals surface area contributed by atoms with Crippen molar-refractivity contribution >= 4 is 5.84 Å². The van der Waals surface area contributed by atoms with Crippen LogP contribution in [0.3, 0.4) is 0 Å². The molecule has 0 radical (unpaired) electrons. The van der Waals surface area contributed by atoms with Gasteiger partial charge in [-0.3, -0.25) is 4.90 Å². The summed E-state index contributed by atoms with van der Waals surface area (Å²) in [6, 6.07) is 4.42. The fraction of sp³-hybridized carbons (Fsp3) is 0.500. The fourth-order valence-electron chi connectivity index (χ4n) is 2.48. The zero-order chi connectivity index (χ0) is 14.5. The average molecular weight is 280 g/mol. The highest BCUT2D eigenvalue weighted by Crippen LogP contribution is 2.15. The van der Waals surface area contributed by atoms with Gasteiger partial charge in [0.05, 0.1) is 0 Å². The van der Waals surface area contributed by atoms with E-state index < -0.39 is 0 Å². The van der Waals surface area contributed by atoms with Gasteiger partial charge in [0.25, 0.3) is 0 Å². The van der Waals surface area contributed by atoms with Crippen molar-refractivity contribution in [1.29, 1.82) is 0 Å². The van der Waals surface area contributed by atoms with Crippen LogP contribution < -0.4 is 5.73 Å². The van der Waals surface area contributed by atoms with E-state index in [0.29, 0.717) is 12.1 Å². The molecule has 1 heterocycles. The third-order valence-electron chi connectivity index (χ3n) is 3.76. The van der Waals surface area contributed by atoms with Crippen LogP contribution in [0.2, 0.25) is 0 Å². The van der Waals surface area contributed by atoms with Gasteiger partial charge in [-0.15, -0.1) is 0 Å². The lowest BCUT2D eigenvalue weighted by atomic mass is 10.1. The molecule has 3 N–H and O–H groups in total. The average Bonchev–Trinajstić information content (AvgIpc) is 2.49. The van der Waals surface area contributed by atoms with Gasteiger partial charge in [-0.1, -0.05) is 18.1 Å². The van der Waals surface area contributed by atoms with Gasteiger partial charge < -0.3 is 15.8 Å². The molecule has 0 spiro atoms. The molecule has 1 aliphatic rings. The molecule has 1 aromatic carbocycles. The van der Waals surface area contributed by atoms with Crippen molar-refractivity contribution in [2.24, 2.45) is 10.9 Å². The van der Waals surface area contributed by atoms with E-state index in [2.05, 4.69) is 21.9 Å². The number of piperazine rings is 1. The van der Waals surface area contributed by atoms with E-state index in [1.165, 1.54) is 12.1 Å². The largest absolute Gasteiger partial charge is 0.409 e. The van der Waals surface area contributed by atoms with Crippen LogP contribution in [0, 0.1) is 5.82 Å². The number of halogens is 1. The minimum absolute atomic E-state index is 0.0494. The standard InChI is InChI=1S/C14H21FN4O/c1-2-18-5-7-19(8-6-18)10-11-3-4-12(15)9-13(11)14(16)17-20/h3-4,9,20H,2,5-8,10H2,1H3,(H2,16,17). The molecule has 0 unspecified atom stereocenters. The van der Waals surface area contributed by atoms with Gasteiger partial charge in [-0.2, -0.15) is 0 Å². The zero-order valence-corrected chi connectivity index (χ0v) is 11.7. The molecule has 1 fully saturated rings. The minimum Gasteiger partial charge on any atom is -0.409 e.